The fourth-order valence-corrected chi connectivity index (χ4v) is 6.96. The predicted octanol–water partition coefficient (Wildman–Crippen LogP) is 10.4. The van der Waals surface area contributed by atoms with Crippen molar-refractivity contribution < 1.29 is 18.5 Å². The van der Waals surface area contributed by atoms with Crippen molar-refractivity contribution in [2.75, 3.05) is 27.7 Å². The fourth-order valence-electron chi connectivity index (χ4n) is 4.94. The Labute approximate surface area is 226 Å². The molecular formula is C31H65NO3P+. The minimum atomic E-state index is -3.57. The van der Waals surface area contributed by atoms with Crippen molar-refractivity contribution in [1.29, 1.82) is 0 Å². The summed E-state index contributed by atoms with van der Waals surface area (Å²) >= 11 is 0. The van der Waals surface area contributed by atoms with Gasteiger partial charge >= 0.3 is 7.60 Å². The maximum absolute atomic E-state index is 12.7. The highest BCUT2D eigenvalue weighted by molar-refractivity contribution is 7.53. The molecule has 0 saturated carbocycles. The van der Waals surface area contributed by atoms with Crippen molar-refractivity contribution in [2.45, 2.75) is 161 Å². The van der Waals surface area contributed by atoms with E-state index in [0.29, 0.717) is 17.5 Å². The van der Waals surface area contributed by atoms with Crippen LogP contribution >= 0.6 is 7.60 Å². The van der Waals surface area contributed by atoms with Crippen LogP contribution in [0.3, 0.4) is 0 Å². The molecule has 2 unspecified atom stereocenters. The van der Waals surface area contributed by atoms with Gasteiger partial charge < -0.3 is 13.9 Å². The summed E-state index contributed by atoms with van der Waals surface area (Å²) in [5.74, 6) is -0.334. The van der Waals surface area contributed by atoms with Gasteiger partial charge in [0.1, 0.15) is 0 Å². The average Bonchev–Trinajstić information content (AvgIpc) is 2.82. The number of rotatable bonds is 27. The van der Waals surface area contributed by atoms with Gasteiger partial charge in [0.05, 0.1) is 27.7 Å². The first kappa shape index (κ1) is 35.9. The monoisotopic (exact) mass is 530 g/mol. The maximum Gasteiger partial charge on any atom is 0.385 e. The maximum atomic E-state index is 12.7. The summed E-state index contributed by atoms with van der Waals surface area (Å²) in [7, 11) is 2.36. The molecule has 0 spiro atoms. The Morgan fingerprint density at radius 3 is 1.42 bits per heavy atom. The van der Waals surface area contributed by atoms with Crippen molar-refractivity contribution in [3.8, 4) is 0 Å². The van der Waals surface area contributed by atoms with Gasteiger partial charge in [-0.25, -0.2) is 0 Å². The third-order valence-electron chi connectivity index (χ3n) is 7.25. The number of quaternary nitrogens is 1. The second-order valence-electron chi connectivity index (χ2n) is 11.8. The topological polar surface area (TPSA) is 46.5 Å². The van der Waals surface area contributed by atoms with Gasteiger partial charge in [-0.05, 0) is 38.5 Å². The highest BCUT2D eigenvalue weighted by atomic mass is 31.2. The van der Waals surface area contributed by atoms with Crippen LogP contribution in [0.2, 0.25) is 0 Å². The van der Waals surface area contributed by atoms with Crippen LogP contribution in [-0.2, 0) is 9.09 Å². The predicted molar refractivity (Wildman–Crippen MR) is 160 cm³/mol. The molecule has 0 radical (unpaired) electrons. The Morgan fingerprint density at radius 2 is 1.03 bits per heavy atom. The highest BCUT2D eigenvalue weighted by Crippen LogP contribution is 2.51. The summed E-state index contributed by atoms with van der Waals surface area (Å²) in [6.07, 6.45) is 32.8. The summed E-state index contributed by atoms with van der Waals surface area (Å²) in [6.45, 7) is 4.74. The normalized spacial score (nSPS) is 14.9. The van der Waals surface area contributed by atoms with Gasteiger partial charge in [-0.1, -0.05) is 122 Å². The molecule has 5 heteroatoms. The zero-order valence-electron chi connectivity index (χ0n) is 25.2. The quantitative estimate of drug-likeness (QED) is 0.0497. The zero-order chi connectivity index (χ0) is 27.0. The second kappa shape index (κ2) is 23.9. The minimum Gasteiger partial charge on any atom is -0.320 e. The van der Waals surface area contributed by atoms with E-state index in [4.69, 9.17) is 4.52 Å². The van der Waals surface area contributed by atoms with E-state index in [9.17, 15) is 9.46 Å². The van der Waals surface area contributed by atoms with Crippen molar-refractivity contribution >= 4 is 7.60 Å². The Bertz CT molecular complexity index is 544. The Kier molecular flexibility index (Phi) is 23.8. The summed E-state index contributed by atoms with van der Waals surface area (Å²) in [5, 5.41) is 0. The van der Waals surface area contributed by atoms with Crippen LogP contribution in [0.15, 0.2) is 12.2 Å². The fraction of sp³-hybridized carbons (Fsp3) is 0.935. The van der Waals surface area contributed by atoms with Gasteiger partial charge in [0.15, 0.2) is 5.78 Å². The number of nitrogens with zero attached hydrogens (tertiary/aromatic N) is 1. The lowest BCUT2D eigenvalue weighted by Crippen LogP contribution is -2.45. The van der Waals surface area contributed by atoms with Crippen molar-refractivity contribution in [3.05, 3.63) is 12.2 Å². The molecule has 0 saturated heterocycles. The summed E-state index contributed by atoms with van der Waals surface area (Å²) in [5.41, 5.74) is 0. The van der Waals surface area contributed by atoms with Crippen LogP contribution in [0.4, 0.5) is 0 Å². The zero-order valence-corrected chi connectivity index (χ0v) is 26.0. The molecule has 0 bridgehead atoms. The van der Waals surface area contributed by atoms with Crippen LogP contribution in [0.1, 0.15) is 155 Å². The summed E-state index contributed by atoms with van der Waals surface area (Å²) in [6, 6.07) is 0. The molecule has 0 aromatic heterocycles. The highest BCUT2D eigenvalue weighted by Gasteiger charge is 2.41. The number of hydrogen-bond acceptors (Lipinski definition) is 2. The van der Waals surface area contributed by atoms with Gasteiger partial charge in [0.2, 0.25) is 0 Å². The smallest absolute Gasteiger partial charge is 0.320 e. The largest absolute Gasteiger partial charge is 0.385 e. The summed E-state index contributed by atoms with van der Waals surface area (Å²) < 4.78 is 18.7. The van der Waals surface area contributed by atoms with E-state index in [1.807, 2.05) is 21.1 Å². The molecular weight excluding hydrogens is 465 g/mol. The first-order chi connectivity index (χ1) is 17.3. The van der Waals surface area contributed by atoms with Gasteiger partial charge in [-0.15, -0.1) is 0 Å². The van der Waals surface area contributed by atoms with E-state index in [1.165, 1.54) is 116 Å². The molecule has 0 aromatic carbocycles. The molecule has 1 N–H and O–H groups in total. The Balaban J connectivity index is 3.44. The van der Waals surface area contributed by atoms with E-state index in [-0.39, 0.29) is 5.78 Å². The second-order valence-corrected chi connectivity index (χ2v) is 13.8. The van der Waals surface area contributed by atoms with Crippen molar-refractivity contribution in [3.63, 3.8) is 0 Å². The van der Waals surface area contributed by atoms with Gasteiger partial charge in [-0.2, -0.15) is 0 Å². The number of hydrogen-bond donors (Lipinski definition) is 1. The van der Waals surface area contributed by atoms with Gasteiger partial charge in [-0.3, -0.25) is 4.57 Å². The Hall–Kier alpha value is -0.150. The lowest BCUT2D eigenvalue weighted by Gasteiger charge is -2.35. The Morgan fingerprint density at radius 1 is 0.639 bits per heavy atom. The first-order valence-corrected chi connectivity index (χ1v) is 17.3. The van der Waals surface area contributed by atoms with Crippen LogP contribution in [0, 0.1) is 0 Å². The van der Waals surface area contributed by atoms with Crippen LogP contribution < -0.4 is 0 Å². The van der Waals surface area contributed by atoms with E-state index in [2.05, 4.69) is 26.0 Å². The molecule has 36 heavy (non-hydrogen) atoms. The number of allylic oxidation sites excluding steroid dienone is 2. The molecule has 0 aromatic rings. The molecule has 4 nitrogen and oxygen atoms in total. The first-order valence-electron chi connectivity index (χ1n) is 15.7. The third-order valence-corrected chi connectivity index (χ3v) is 9.51. The molecule has 216 valence electrons. The van der Waals surface area contributed by atoms with Crippen LogP contribution in [0.25, 0.3) is 0 Å². The van der Waals surface area contributed by atoms with Gasteiger partial charge in [0, 0.05) is 6.42 Å². The van der Waals surface area contributed by atoms with Gasteiger partial charge in [0.25, 0.3) is 0 Å². The molecule has 0 aliphatic carbocycles. The number of unbranched alkanes of at least 4 members (excludes halogenated alkanes) is 18. The molecule has 0 fully saturated rings. The van der Waals surface area contributed by atoms with Crippen LogP contribution in [0.5, 0.6) is 0 Å². The molecule has 0 rings (SSSR count). The van der Waals surface area contributed by atoms with E-state index in [0.717, 1.165) is 19.3 Å². The molecule has 0 aliphatic heterocycles. The third kappa shape index (κ3) is 21.9. The molecule has 2 atom stereocenters. The standard InChI is InChI=1S/C31H64NO3P/c1-6-8-9-10-11-12-13-14-15-16-17-18-19-20-21-22-23-24-25-26-27-28-30-35-36(33,34)31(29-7-2)32(3,4)5/h14-15,31H,6-13,16-30H2,1-5H3/p+1/b15-14-. The van der Waals surface area contributed by atoms with Crippen molar-refractivity contribution in [1.82, 2.24) is 0 Å². The molecule has 0 heterocycles. The summed E-state index contributed by atoms with van der Waals surface area (Å²) in [4.78, 5) is 10.4. The van der Waals surface area contributed by atoms with E-state index in [1.54, 1.807) is 0 Å². The molecule has 0 aliphatic rings. The lowest BCUT2D eigenvalue weighted by molar-refractivity contribution is -0.883. The van der Waals surface area contributed by atoms with E-state index >= 15 is 0 Å². The van der Waals surface area contributed by atoms with Crippen molar-refractivity contribution in [2.24, 2.45) is 0 Å². The minimum absolute atomic E-state index is 0.334. The van der Waals surface area contributed by atoms with E-state index < -0.39 is 7.60 Å². The lowest BCUT2D eigenvalue weighted by atomic mass is 10.0. The average molecular weight is 531 g/mol. The van der Waals surface area contributed by atoms with Crippen LogP contribution in [-0.4, -0.2) is 42.9 Å². The SMILES string of the molecule is CCCCCCCC/C=C\CCCCCCCCCCCCCCOP(=O)(O)C(CCC)[N+](C)(C)C. The molecule has 0 amide bonds.